The third-order valence-corrected chi connectivity index (χ3v) is 2.94. The zero-order valence-electron chi connectivity index (χ0n) is 11.6. The predicted molar refractivity (Wildman–Crippen MR) is 74.0 cm³/mol. The van der Waals surface area contributed by atoms with Crippen molar-refractivity contribution in [1.29, 1.82) is 0 Å². The first-order valence-corrected chi connectivity index (χ1v) is 6.08. The van der Waals surface area contributed by atoms with Gasteiger partial charge in [-0.1, -0.05) is 6.07 Å². The van der Waals surface area contributed by atoms with E-state index in [9.17, 15) is 23.3 Å². The van der Waals surface area contributed by atoms with Gasteiger partial charge in [-0.25, -0.2) is 8.78 Å². The number of nitrogens with zero attached hydrogens (tertiary/aromatic N) is 1. The third-order valence-electron chi connectivity index (χ3n) is 2.94. The molecule has 0 heterocycles. The van der Waals surface area contributed by atoms with Gasteiger partial charge in [0.15, 0.2) is 17.3 Å². The lowest BCUT2D eigenvalue weighted by Crippen LogP contribution is -2.05. The van der Waals surface area contributed by atoms with Crippen LogP contribution < -0.4 is 10.1 Å². The van der Waals surface area contributed by atoms with Crippen LogP contribution in [0.2, 0.25) is 0 Å². The van der Waals surface area contributed by atoms with Gasteiger partial charge in [0.1, 0.15) is 5.82 Å². The SMILES string of the molecule is COc1cc(F)c([N+](=O)[O-])c(Nc2ccc(C)cc2F)c1F. The van der Waals surface area contributed by atoms with Crippen molar-refractivity contribution in [2.75, 3.05) is 12.4 Å². The fourth-order valence-electron chi connectivity index (χ4n) is 1.89. The van der Waals surface area contributed by atoms with Crippen LogP contribution in [0, 0.1) is 34.5 Å². The second-order valence-corrected chi connectivity index (χ2v) is 4.46. The highest BCUT2D eigenvalue weighted by Crippen LogP contribution is 2.38. The number of benzene rings is 2. The maximum Gasteiger partial charge on any atom is 0.331 e. The van der Waals surface area contributed by atoms with Crippen LogP contribution in [-0.4, -0.2) is 12.0 Å². The number of nitro benzene ring substituents is 1. The van der Waals surface area contributed by atoms with Crippen molar-refractivity contribution in [2.24, 2.45) is 0 Å². The van der Waals surface area contributed by atoms with E-state index in [4.69, 9.17) is 0 Å². The lowest BCUT2D eigenvalue weighted by Gasteiger charge is -2.12. The number of hydrogen-bond donors (Lipinski definition) is 1. The van der Waals surface area contributed by atoms with Crippen LogP contribution in [0.3, 0.4) is 0 Å². The molecule has 0 aliphatic heterocycles. The Morgan fingerprint density at radius 3 is 2.41 bits per heavy atom. The van der Waals surface area contributed by atoms with E-state index in [-0.39, 0.29) is 5.69 Å². The number of nitro groups is 1. The highest BCUT2D eigenvalue weighted by Gasteiger charge is 2.28. The first-order chi connectivity index (χ1) is 10.3. The zero-order chi connectivity index (χ0) is 16.4. The zero-order valence-corrected chi connectivity index (χ0v) is 11.6. The Bertz CT molecular complexity index is 751. The van der Waals surface area contributed by atoms with Gasteiger partial charge in [0.2, 0.25) is 5.82 Å². The van der Waals surface area contributed by atoms with E-state index >= 15 is 0 Å². The highest BCUT2D eigenvalue weighted by molar-refractivity contribution is 5.73. The van der Waals surface area contributed by atoms with Gasteiger partial charge in [0, 0.05) is 6.07 Å². The average molecular weight is 312 g/mol. The number of anilines is 2. The lowest BCUT2D eigenvalue weighted by atomic mass is 10.2. The molecule has 0 atom stereocenters. The first-order valence-electron chi connectivity index (χ1n) is 6.08. The number of rotatable bonds is 4. The molecule has 0 aliphatic carbocycles. The molecule has 8 heteroatoms. The molecule has 0 radical (unpaired) electrons. The molecule has 0 unspecified atom stereocenters. The standard InChI is InChI=1S/C14H11F3N2O3/c1-7-3-4-10(8(15)5-7)18-13-12(17)11(22-2)6-9(16)14(13)19(20)21/h3-6,18H,1-2H3. The molecule has 22 heavy (non-hydrogen) atoms. The second kappa shape index (κ2) is 5.92. The summed E-state index contributed by atoms with van der Waals surface area (Å²) in [6.07, 6.45) is 0. The highest BCUT2D eigenvalue weighted by atomic mass is 19.1. The molecule has 116 valence electrons. The minimum Gasteiger partial charge on any atom is -0.493 e. The Labute approximate surface area is 123 Å². The molecule has 0 fully saturated rings. The van der Waals surface area contributed by atoms with E-state index in [2.05, 4.69) is 10.1 Å². The molecule has 0 aromatic heterocycles. The Balaban J connectivity index is 2.62. The molecule has 2 rings (SSSR count). The van der Waals surface area contributed by atoms with E-state index < -0.39 is 39.5 Å². The number of hydrogen-bond acceptors (Lipinski definition) is 4. The van der Waals surface area contributed by atoms with Gasteiger partial charge in [-0.2, -0.15) is 4.39 Å². The number of methoxy groups -OCH3 is 1. The van der Waals surface area contributed by atoms with Crippen LogP contribution >= 0.6 is 0 Å². The topological polar surface area (TPSA) is 64.4 Å². The number of aryl methyl sites for hydroxylation is 1. The lowest BCUT2D eigenvalue weighted by molar-refractivity contribution is -0.386. The van der Waals surface area contributed by atoms with E-state index in [1.807, 2.05) is 0 Å². The number of nitrogens with one attached hydrogen (secondary N) is 1. The molecule has 2 aromatic carbocycles. The van der Waals surface area contributed by atoms with Crippen LogP contribution in [0.25, 0.3) is 0 Å². The number of halogens is 3. The summed E-state index contributed by atoms with van der Waals surface area (Å²) in [4.78, 5) is 9.86. The summed E-state index contributed by atoms with van der Waals surface area (Å²) in [5.41, 5.74) is -1.54. The van der Waals surface area contributed by atoms with Crippen molar-refractivity contribution < 1.29 is 22.8 Å². The minimum absolute atomic E-state index is 0.222. The summed E-state index contributed by atoms with van der Waals surface area (Å²) in [6, 6.07) is 4.50. The van der Waals surface area contributed by atoms with E-state index in [0.29, 0.717) is 11.6 Å². The molecule has 1 N–H and O–H groups in total. The van der Waals surface area contributed by atoms with Crippen molar-refractivity contribution in [3.8, 4) is 5.75 Å². The van der Waals surface area contributed by atoms with Gasteiger partial charge >= 0.3 is 5.69 Å². The molecular formula is C14H11F3N2O3. The van der Waals surface area contributed by atoms with Gasteiger partial charge < -0.3 is 10.1 Å². The van der Waals surface area contributed by atoms with Crippen LogP contribution in [0.1, 0.15) is 5.56 Å². The normalized spacial score (nSPS) is 10.4. The van der Waals surface area contributed by atoms with Crippen LogP contribution in [0.4, 0.5) is 30.2 Å². The van der Waals surface area contributed by atoms with Crippen LogP contribution in [0.15, 0.2) is 24.3 Å². The van der Waals surface area contributed by atoms with Gasteiger partial charge in [0.25, 0.3) is 0 Å². The molecule has 0 spiro atoms. The van der Waals surface area contributed by atoms with Gasteiger partial charge in [-0.3, -0.25) is 10.1 Å². The van der Waals surface area contributed by atoms with Crippen molar-refractivity contribution in [1.82, 2.24) is 0 Å². The molecule has 0 bridgehead atoms. The summed E-state index contributed by atoms with van der Waals surface area (Å²) in [6.45, 7) is 1.64. The molecule has 0 saturated heterocycles. The third kappa shape index (κ3) is 2.80. The molecule has 0 amide bonds. The fourth-order valence-corrected chi connectivity index (χ4v) is 1.89. The molecule has 2 aromatic rings. The van der Waals surface area contributed by atoms with E-state index in [0.717, 1.165) is 13.2 Å². The van der Waals surface area contributed by atoms with Gasteiger partial charge in [0.05, 0.1) is 17.7 Å². The summed E-state index contributed by atoms with van der Waals surface area (Å²) in [7, 11) is 1.08. The maximum absolute atomic E-state index is 14.2. The quantitative estimate of drug-likeness (QED) is 0.682. The summed E-state index contributed by atoms with van der Waals surface area (Å²) in [5.74, 6) is -3.76. The predicted octanol–water partition coefficient (Wildman–Crippen LogP) is 4.07. The van der Waals surface area contributed by atoms with Crippen molar-refractivity contribution >= 4 is 17.1 Å². The Morgan fingerprint density at radius 2 is 1.86 bits per heavy atom. The summed E-state index contributed by atoms with van der Waals surface area (Å²) < 4.78 is 46.4. The second-order valence-electron chi connectivity index (χ2n) is 4.46. The minimum atomic E-state index is -1.29. The monoisotopic (exact) mass is 312 g/mol. The summed E-state index contributed by atoms with van der Waals surface area (Å²) >= 11 is 0. The van der Waals surface area contributed by atoms with Crippen molar-refractivity contribution in [3.05, 3.63) is 57.4 Å². The fraction of sp³-hybridized carbons (Fsp3) is 0.143. The Kier molecular flexibility index (Phi) is 4.20. The molecule has 5 nitrogen and oxygen atoms in total. The Morgan fingerprint density at radius 1 is 1.18 bits per heavy atom. The van der Waals surface area contributed by atoms with Crippen LogP contribution in [-0.2, 0) is 0 Å². The number of ether oxygens (including phenoxy) is 1. The molecule has 0 aliphatic rings. The van der Waals surface area contributed by atoms with Crippen LogP contribution in [0.5, 0.6) is 5.75 Å². The maximum atomic E-state index is 14.2. The summed E-state index contributed by atoms with van der Waals surface area (Å²) in [5, 5.41) is 13.2. The van der Waals surface area contributed by atoms with E-state index in [1.165, 1.54) is 12.1 Å². The first kappa shape index (κ1) is 15.6. The van der Waals surface area contributed by atoms with Gasteiger partial charge in [-0.15, -0.1) is 0 Å². The van der Waals surface area contributed by atoms with Gasteiger partial charge in [-0.05, 0) is 24.6 Å². The molecular weight excluding hydrogens is 301 g/mol. The smallest absolute Gasteiger partial charge is 0.331 e. The van der Waals surface area contributed by atoms with Crippen molar-refractivity contribution in [3.63, 3.8) is 0 Å². The largest absolute Gasteiger partial charge is 0.493 e. The van der Waals surface area contributed by atoms with E-state index in [1.54, 1.807) is 6.92 Å². The average Bonchev–Trinajstić information content (AvgIpc) is 2.44. The molecule has 0 saturated carbocycles. The van der Waals surface area contributed by atoms with Crippen molar-refractivity contribution in [2.45, 2.75) is 6.92 Å². The Hall–Kier alpha value is -2.77.